The number of nitrogens with zero attached hydrogens (tertiary/aromatic N) is 2. The van der Waals surface area contributed by atoms with Crippen LogP contribution in [0, 0.1) is 0 Å². The molecule has 19 heavy (non-hydrogen) atoms. The van der Waals surface area contributed by atoms with Crippen LogP contribution in [0.1, 0.15) is 13.3 Å². The lowest BCUT2D eigenvalue weighted by Crippen LogP contribution is -2.05. The molecule has 0 unspecified atom stereocenters. The third-order valence-electron chi connectivity index (χ3n) is 2.65. The molecule has 1 aromatic heterocycles. The average Bonchev–Trinajstić information content (AvgIpc) is 2.44. The number of rotatable bonds is 5. The van der Waals surface area contributed by atoms with Gasteiger partial charge in [-0.05, 0) is 18.6 Å². The largest absolute Gasteiger partial charge is 0.491 e. The molecule has 0 fully saturated rings. The highest BCUT2D eigenvalue weighted by atomic mass is 35.5. The van der Waals surface area contributed by atoms with Gasteiger partial charge in [0, 0.05) is 17.1 Å². The van der Waals surface area contributed by atoms with Crippen molar-refractivity contribution in [3.8, 4) is 17.0 Å². The Balaban J connectivity index is 2.45. The molecule has 0 bridgehead atoms. The van der Waals surface area contributed by atoms with Crippen LogP contribution in [0.5, 0.6) is 5.75 Å². The van der Waals surface area contributed by atoms with E-state index in [-0.39, 0.29) is 0 Å². The van der Waals surface area contributed by atoms with Gasteiger partial charge in [0.25, 0.3) is 0 Å². The molecule has 0 radical (unpaired) electrons. The average molecular weight is 278 g/mol. The fourth-order valence-corrected chi connectivity index (χ4v) is 1.97. The quantitative estimate of drug-likeness (QED) is 0.907. The minimum Gasteiger partial charge on any atom is -0.491 e. The first kappa shape index (κ1) is 13.6. The molecule has 0 saturated heterocycles. The molecule has 2 rings (SSSR count). The predicted molar refractivity (Wildman–Crippen MR) is 77.8 cm³/mol. The van der Waals surface area contributed by atoms with Gasteiger partial charge >= 0.3 is 0 Å². The topological polar surface area (TPSA) is 47.0 Å². The molecule has 5 heteroatoms. The zero-order chi connectivity index (χ0) is 13.7. The van der Waals surface area contributed by atoms with E-state index in [1.165, 1.54) is 6.33 Å². The smallest absolute Gasteiger partial charge is 0.187 e. The molecule has 4 nitrogen and oxygen atoms in total. The van der Waals surface area contributed by atoms with Crippen LogP contribution >= 0.6 is 11.6 Å². The van der Waals surface area contributed by atoms with Crippen molar-refractivity contribution in [2.45, 2.75) is 13.3 Å². The van der Waals surface area contributed by atoms with Gasteiger partial charge < -0.3 is 10.1 Å². The first-order valence-corrected chi connectivity index (χ1v) is 6.52. The fourth-order valence-electron chi connectivity index (χ4n) is 1.78. The summed E-state index contributed by atoms with van der Waals surface area (Å²) in [7, 11) is 1.61. The number of hydrogen-bond donors (Lipinski definition) is 1. The number of ether oxygens (including phenoxy) is 1. The van der Waals surface area contributed by atoms with Crippen molar-refractivity contribution in [2.75, 3.05) is 19.0 Å². The number of nitrogens with one attached hydrogen (secondary N) is 1. The van der Waals surface area contributed by atoms with E-state index in [1.807, 2.05) is 24.3 Å². The Morgan fingerprint density at radius 2 is 2.16 bits per heavy atom. The van der Waals surface area contributed by atoms with E-state index < -0.39 is 0 Å². The van der Waals surface area contributed by atoms with Crippen molar-refractivity contribution in [1.29, 1.82) is 0 Å². The van der Waals surface area contributed by atoms with E-state index in [9.17, 15) is 0 Å². The second-order valence-electron chi connectivity index (χ2n) is 4.04. The lowest BCUT2D eigenvalue weighted by Gasteiger charge is -2.12. The molecule has 0 atom stereocenters. The molecule has 1 heterocycles. The Labute approximate surface area is 117 Å². The van der Waals surface area contributed by atoms with Gasteiger partial charge in [0.1, 0.15) is 12.0 Å². The van der Waals surface area contributed by atoms with Crippen molar-refractivity contribution in [3.05, 3.63) is 35.6 Å². The monoisotopic (exact) mass is 277 g/mol. The van der Waals surface area contributed by atoms with Gasteiger partial charge in [0.2, 0.25) is 0 Å². The summed E-state index contributed by atoms with van der Waals surface area (Å²) < 4.78 is 5.44. The fraction of sp³-hybridized carbons (Fsp3) is 0.286. The second-order valence-corrected chi connectivity index (χ2v) is 4.48. The van der Waals surface area contributed by atoms with E-state index in [1.54, 1.807) is 7.11 Å². The SMILES string of the molecule is CCCNc1ncnc(-c2cccc(Cl)c2)c1OC. The summed E-state index contributed by atoms with van der Waals surface area (Å²) in [6.07, 6.45) is 2.54. The van der Waals surface area contributed by atoms with Crippen LogP contribution in [0.25, 0.3) is 11.3 Å². The van der Waals surface area contributed by atoms with Gasteiger partial charge in [-0.1, -0.05) is 30.7 Å². The molecular weight excluding hydrogens is 262 g/mol. The van der Waals surface area contributed by atoms with E-state index in [0.29, 0.717) is 16.6 Å². The first-order chi connectivity index (χ1) is 9.26. The normalized spacial score (nSPS) is 10.3. The van der Waals surface area contributed by atoms with Crippen LogP contribution in [0.15, 0.2) is 30.6 Å². The number of aromatic nitrogens is 2. The highest BCUT2D eigenvalue weighted by Gasteiger charge is 2.13. The minimum atomic E-state index is 0.637. The highest BCUT2D eigenvalue weighted by Crippen LogP contribution is 2.33. The highest BCUT2D eigenvalue weighted by molar-refractivity contribution is 6.30. The second kappa shape index (κ2) is 6.38. The molecule has 0 aliphatic carbocycles. The van der Waals surface area contributed by atoms with E-state index >= 15 is 0 Å². The van der Waals surface area contributed by atoms with Gasteiger partial charge in [-0.25, -0.2) is 9.97 Å². The van der Waals surface area contributed by atoms with Crippen LogP contribution in [0.2, 0.25) is 5.02 Å². The summed E-state index contributed by atoms with van der Waals surface area (Å²) in [4.78, 5) is 8.51. The van der Waals surface area contributed by atoms with Gasteiger partial charge in [-0.3, -0.25) is 0 Å². The maximum atomic E-state index is 6.01. The maximum absolute atomic E-state index is 6.01. The Bertz CT molecular complexity index is 560. The van der Waals surface area contributed by atoms with Crippen molar-refractivity contribution in [2.24, 2.45) is 0 Å². The maximum Gasteiger partial charge on any atom is 0.187 e. The molecule has 1 N–H and O–H groups in total. The molecule has 100 valence electrons. The lowest BCUT2D eigenvalue weighted by atomic mass is 10.1. The van der Waals surface area contributed by atoms with Crippen LogP contribution in [0.4, 0.5) is 5.82 Å². The van der Waals surface area contributed by atoms with Gasteiger partial charge in [-0.2, -0.15) is 0 Å². The van der Waals surface area contributed by atoms with Crippen LogP contribution in [-0.4, -0.2) is 23.6 Å². The summed E-state index contributed by atoms with van der Waals surface area (Å²) in [6, 6.07) is 7.52. The molecule has 0 saturated carbocycles. The van der Waals surface area contributed by atoms with Crippen molar-refractivity contribution in [3.63, 3.8) is 0 Å². The molecule has 2 aromatic rings. The summed E-state index contributed by atoms with van der Waals surface area (Å²) in [5.74, 6) is 1.34. The standard InChI is InChI=1S/C14H16ClN3O/c1-3-7-16-14-13(19-2)12(17-9-18-14)10-5-4-6-11(15)8-10/h4-6,8-9H,3,7H2,1-2H3,(H,16,17,18). The zero-order valence-corrected chi connectivity index (χ0v) is 11.7. The number of hydrogen-bond acceptors (Lipinski definition) is 4. The molecular formula is C14H16ClN3O. The van der Waals surface area contributed by atoms with Crippen LogP contribution in [0.3, 0.4) is 0 Å². The minimum absolute atomic E-state index is 0.637. The molecule has 0 aliphatic heterocycles. The van der Waals surface area contributed by atoms with E-state index in [0.717, 1.165) is 24.2 Å². The Morgan fingerprint density at radius 3 is 2.84 bits per heavy atom. The summed E-state index contributed by atoms with van der Waals surface area (Å²) >= 11 is 6.01. The third kappa shape index (κ3) is 3.15. The van der Waals surface area contributed by atoms with E-state index in [4.69, 9.17) is 16.3 Å². The van der Waals surface area contributed by atoms with Gasteiger partial charge in [0.05, 0.1) is 7.11 Å². The first-order valence-electron chi connectivity index (χ1n) is 6.15. The van der Waals surface area contributed by atoms with Gasteiger partial charge in [0.15, 0.2) is 11.6 Å². The number of benzene rings is 1. The number of halogens is 1. The molecule has 0 spiro atoms. The summed E-state index contributed by atoms with van der Waals surface area (Å²) in [6.45, 7) is 2.93. The molecule has 1 aromatic carbocycles. The molecule has 0 aliphatic rings. The van der Waals surface area contributed by atoms with Crippen molar-refractivity contribution in [1.82, 2.24) is 9.97 Å². The van der Waals surface area contributed by atoms with Crippen LogP contribution < -0.4 is 10.1 Å². The number of anilines is 1. The molecule has 0 amide bonds. The van der Waals surface area contributed by atoms with Crippen molar-refractivity contribution >= 4 is 17.4 Å². The van der Waals surface area contributed by atoms with Crippen molar-refractivity contribution < 1.29 is 4.74 Å². The van der Waals surface area contributed by atoms with E-state index in [2.05, 4.69) is 22.2 Å². The Morgan fingerprint density at radius 1 is 1.32 bits per heavy atom. The Kier molecular flexibility index (Phi) is 4.58. The Hall–Kier alpha value is -1.81. The number of methoxy groups -OCH3 is 1. The summed E-state index contributed by atoms with van der Waals surface area (Å²) in [5, 5.41) is 3.90. The lowest BCUT2D eigenvalue weighted by molar-refractivity contribution is 0.414. The van der Waals surface area contributed by atoms with Crippen LogP contribution in [-0.2, 0) is 0 Å². The third-order valence-corrected chi connectivity index (χ3v) is 2.88. The zero-order valence-electron chi connectivity index (χ0n) is 11.0. The van der Waals surface area contributed by atoms with Gasteiger partial charge in [-0.15, -0.1) is 0 Å². The summed E-state index contributed by atoms with van der Waals surface area (Å²) in [5.41, 5.74) is 1.64. The predicted octanol–water partition coefficient (Wildman–Crippen LogP) is 3.63.